The molecular weight excluding hydrogens is 216 g/mol. The van der Waals surface area contributed by atoms with Crippen LogP contribution in [0.15, 0.2) is 36.2 Å². The Labute approximate surface area is 94.6 Å². The lowest BCUT2D eigenvalue weighted by Crippen LogP contribution is -2.18. The molecule has 1 heterocycles. The summed E-state index contributed by atoms with van der Waals surface area (Å²) in [4.78, 5) is 10.9. The molecule has 4 nitrogen and oxygen atoms in total. The summed E-state index contributed by atoms with van der Waals surface area (Å²) in [5.41, 5.74) is 0.736. The summed E-state index contributed by atoms with van der Waals surface area (Å²) in [7, 11) is 1.27. The number of ether oxygens (including phenoxy) is 1. The zero-order chi connectivity index (χ0) is 10.4. The lowest BCUT2D eigenvalue weighted by molar-refractivity contribution is -0.132. The van der Waals surface area contributed by atoms with E-state index in [0.29, 0.717) is 0 Å². The summed E-state index contributed by atoms with van der Waals surface area (Å²) < 4.78 is 4.43. The number of hydrogen-bond donors (Lipinski definition) is 2. The second-order valence-corrected chi connectivity index (χ2v) is 2.73. The van der Waals surface area contributed by atoms with Crippen LogP contribution in [0.4, 0.5) is 0 Å². The molecule has 1 aliphatic heterocycles. The van der Waals surface area contributed by atoms with Crippen LogP contribution in [0.5, 0.6) is 0 Å². The van der Waals surface area contributed by atoms with Crippen molar-refractivity contribution in [2.75, 3.05) is 7.11 Å². The Kier molecular flexibility index (Phi) is 6.13. The maximum absolute atomic E-state index is 10.9. The first-order chi connectivity index (χ1) is 6.74. The fraction of sp³-hybridized carbons (Fsp3) is 0.200. The van der Waals surface area contributed by atoms with Gasteiger partial charge in [0.25, 0.3) is 0 Å². The number of esters is 1. The molecule has 0 aromatic rings. The van der Waals surface area contributed by atoms with Gasteiger partial charge in [-0.15, -0.1) is 12.4 Å². The molecule has 0 aromatic carbocycles. The van der Waals surface area contributed by atoms with Gasteiger partial charge in [-0.05, 0) is 12.2 Å². The van der Waals surface area contributed by atoms with Crippen LogP contribution in [0, 0.1) is 5.41 Å². The molecule has 82 valence electrons. The minimum absolute atomic E-state index is 0. The van der Waals surface area contributed by atoms with E-state index < -0.39 is 5.97 Å². The fourth-order valence-electron chi connectivity index (χ4n) is 0.990. The first-order valence-electron chi connectivity index (χ1n) is 4.18. The van der Waals surface area contributed by atoms with Crippen molar-refractivity contribution in [3.8, 4) is 0 Å². The molecule has 0 spiro atoms. The van der Waals surface area contributed by atoms with E-state index in [9.17, 15) is 4.79 Å². The Hall–Kier alpha value is -1.55. The first kappa shape index (κ1) is 13.5. The van der Waals surface area contributed by atoms with Crippen LogP contribution in [0.1, 0.15) is 6.42 Å². The third-order valence-electron chi connectivity index (χ3n) is 1.68. The van der Waals surface area contributed by atoms with Gasteiger partial charge in [-0.2, -0.15) is 0 Å². The summed E-state index contributed by atoms with van der Waals surface area (Å²) in [6, 6.07) is 0. The van der Waals surface area contributed by atoms with Crippen molar-refractivity contribution < 1.29 is 9.53 Å². The molecular formula is C10H13ClN2O2. The monoisotopic (exact) mass is 228 g/mol. The zero-order valence-corrected chi connectivity index (χ0v) is 9.14. The highest BCUT2D eigenvalue weighted by Gasteiger charge is 2.10. The Morgan fingerprint density at radius 2 is 2.20 bits per heavy atom. The molecule has 5 heteroatoms. The van der Waals surface area contributed by atoms with Gasteiger partial charge >= 0.3 is 5.97 Å². The predicted molar refractivity (Wildman–Crippen MR) is 61.1 cm³/mol. The fourth-order valence-corrected chi connectivity index (χ4v) is 0.990. The molecule has 0 amide bonds. The molecule has 0 aliphatic carbocycles. The molecule has 0 fully saturated rings. The second-order valence-electron chi connectivity index (χ2n) is 2.73. The van der Waals surface area contributed by atoms with Crippen LogP contribution in [0.3, 0.4) is 0 Å². The van der Waals surface area contributed by atoms with Gasteiger partial charge in [-0.3, -0.25) is 5.41 Å². The summed E-state index contributed by atoms with van der Waals surface area (Å²) in [6.45, 7) is 0. The van der Waals surface area contributed by atoms with Gasteiger partial charge in [0, 0.05) is 18.3 Å². The van der Waals surface area contributed by atoms with Crippen molar-refractivity contribution in [2.45, 2.75) is 6.42 Å². The Bertz CT molecular complexity index is 332. The van der Waals surface area contributed by atoms with Gasteiger partial charge in [0.15, 0.2) is 0 Å². The summed E-state index contributed by atoms with van der Waals surface area (Å²) in [5, 5.41) is 10.4. The van der Waals surface area contributed by atoms with E-state index in [0.717, 1.165) is 5.70 Å². The molecule has 0 saturated carbocycles. The highest BCUT2D eigenvalue weighted by atomic mass is 35.5. The van der Waals surface area contributed by atoms with E-state index in [4.69, 9.17) is 5.41 Å². The van der Waals surface area contributed by atoms with Gasteiger partial charge in [0.2, 0.25) is 0 Å². The molecule has 0 unspecified atom stereocenters. The zero-order valence-electron chi connectivity index (χ0n) is 8.32. The quantitative estimate of drug-likeness (QED) is 0.569. The molecule has 0 atom stereocenters. The topological polar surface area (TPSA) is 62.2 Å². The molecule has 1 aliphatic rings. The number of hydrogen-bond acceptors (Lipinski definition) is 4. The first-order valence-corrected chi connectivity index (χ1v) is 4.18. The van der Waals surface area contributed by atoms with Gasteiger partial charge in [-0.25, -0.2) is 4.79 Å². The maximum Gasteiger partial charge on any atom is 0.352 e. The van der Waals surface area contributed by atoms with E-state index in [2.05, 4.69) is 10.1 Å². The van der Waals surface area contributed by atoms with Crippen molar-refractivity contribution in [1.82, 2.24) is 5.32 Å². The van der Waals surface area contributed by atoms with Crippen LogP contribution < -0.4 is 5.32 Å². The highest BCUT2D eigenvalue weighted by Crippen LogP contribution is 2.02. The standard InChI is InChI=1S/C10H12N2O2.ClH/c1-14-10(13)9(11)7-8-5-3-2-4-6-12-8;/h2-6,11-12H,7H2,1H3;1H. The SMILES string of the molecule is COC(=O)C(=N)CC1=CC=CC=CN1.Cl. The average Bonchev–Trinajstić information content (AvgIpc) is 2.45. The summed E-state index contributed by atoms with van der Waals surface area (Å²) in [5.74, 6) is -0.593. The summed E-state index contributed by atoms with van der Waals surface area (Å²) >= 11 is 0. The minimum Gasteiger partial charge on any atom is -0.465 e. The van der Waals surface area contributed by atoms with Crippen LogP contribution >= 0.6 is 12.4 Å². The molecule has 0 bridgehead atoms. The lowest BCUT2D eigenvalue weighted by Gasteiger charge is -2.05. The second kappa shape index (κ2) is 6.84. The maximum atomic E-state index is 10.9. The molecule has 0 aromatic heterocycles. The van der Waals surface area contributed by atoms with Crippen molar-refractivity contribution in [3.05, 3.63) is 36.2 Å². The molecule has 0 saturated heterocycles. The molecule has 15 heavy (non-hydrogen) atoms. The van der Waals surface area contributed by atoms with Gasteiger partial charge in [0.1, 0.15) is 5.71 Å². The third kappa shape index (κ3) is 4.46. The van der Waals surface area contributed by atoms with Crippen molar-refractivity contribution in [1.29, 1.82) is 5.41 Å². The number of halogens is 1. The number of carbonyl (C=O) groups excluding carboxylic acids is 1. The number of methoxy groups -OCH3 is 1. The van der Waals surface area contributed by atoms with E-state index in [1.807, 2.05) is 24.3 Å². The molecule has 2 N–H and O–H groups in total. The van der Waals surface area contributed by atoms with Crippen molar-refractivity contribution in [3.63, 3.8) is 0 Å². The van der Waals surface area contributed by atoms with Gasteiger partial charge in [0.05, 0.1) is 7.11 Å². The summed E-state index contributed by atoms with van der Waals surface area (Å²) in [6.07, 6.45) is 9.36. The van der Waals surface area contributed by atoms with Crippen LogP contribution in [0.25, 0.3) is 0 Å². The molecule has 0 radical (unpaired) electrons. The van der Waals surface area contributed by atoms with Gasteiger partial charge < -0.3 is 10.1 Å². The van der Waals surface area contributed by atoms with Crippen LogP contribution in [0.2, 0.25) is 0 Å². The smallest absolute Gasteiger partial charge is 0.352 e. The lowest BCUT2D eigenvalue weighted by atomic mass is 10.2. The largest absolute Gasteiger partial charge is 0.465 e. The van der Waals surface area contributed by atoms with E-state index in [1.54, 1.807) is 6.20 Å². The van der Waals surface area contributed by atoms with Crippen LogP contribution in [-0.2, 0) is 9.53 Å². The van der Waals surface area contributed by atoms with E-state index in [1.165, 1.54) is 7.11 Å². The predicted octanol–water partition coefficient (Wildman–Crippen LogP) is 1.55. The van der Waals surface area contributed by atoms with Crippen molar-refractivity contribution >= 4 is 24.1 Å². The number of rotatable bonds is 3. The normalized spacial score (nSPS) is 13.0. The van der Waals surface area contributed by atoms with Gasteiger partial charge in [-0.1, -0.05) is 12.2 Å². The highest BCUT2D eigenvalue weighted by molar-refractivity contribution is 6.35. The third-order valence-corrected chi connectivity index (χ3v) is 1.68. The minimum atomic E-state index is -0.593. The van der Waals surface area contributed by atoms with Crippen LogP contribution in [-0.4, -0.2) is 18.8 Å². The Morgan fingerprint density at radius 1 is 1.47 bits per heavy atom. The number of allylic oxidation sites excluding steroid dienone is 5. The number of nitrogens with one attached hydrogen (secondary N) is 2. The molecule has 1 rings (SSSR count). The Morgan fingerprint density at radius 3 is 2.87 bits per heavy atom. The van der Waals surface area contributed by atoms with E-state index >= 15 is 0 Å². The Balaban J connectivity index is 0.00000196. The number of carbonyl (C=O) groups is 1. The average molecular weight is 229 g/mol. The van der Waals surface area contributed by atoms with Crippen molar-refractivity contribution in [2.24, 2.45) is 0 Å². The van der Waals surface area contributed by atoms with E-state index in [-0.39, 0.29) is 24.5 Å².